The van der Waals surface area contributed by atoms with Gasteiger partial charge in [-0.3, -0.25) is 9.69 Å². The summed E-state index contributed by atoms with van der Waals surface area (Å²) in [4.78, 5) is 13.9. The first-order valence-electron chi connectivity index (χ1n) is 11.8. The predicted molar refractivity (Wildman–Crippen MR) is 133 cm³/mol. The summed E-state index contributed by atoms with van der Waals surface area (Å²) in [7, 11) is 0. The molecule has 1 aliphatic heterocycles. The van der Waals surface area contributed by atoms with Crippen LogP contribution in [0.5, 0.6) is 0 Å². The molecule has 2 aromatic rings. The van der Waals surface area contributed by atoms with Crippen molar-refractivity contribution in [3.05, 3.63) is 81.9 Å². The van der Waals surface area contributed by atoms with E-state index in [1.54, 1.807) is 11.1 Å². The summed E-state index contributed by atoms with van der Waals surface area (Å²) in [6.07, 6.45) is 11.4. The molecule has 166 valence electrons. The third-order valence-corrected chi connectivity index (χ3v) is 8.04. The van der Waals surface area contributed by atoms with Gasteiger partial charge in [-0.15, -0.1) is 0 Å². The van der Waals surface area contributed by atoms with E-state index in [-0.39, 0.29) is 5.91 Å². The Hall–Kier alpha value is -2.36. The van der Waals surface area contributed by atoms with Gasteiger partial charge in [0.05, 0.1) is 0 Å². The molecule has 1 amide bonds. The zero-order chi connectivity index (χ0) is 22.1. The minimum absolute atomic E-state index is 0.374. The first-order valence-corrected chi connectivity index (χ1v) is 12.2. The van der Waals surface area contributed by atoms with Gasteiger partial charge in [-0.2, -0.15) is 0 Å². The Balaban J connectivity index is 1.32. The molecule has 4 heteroatoms. The van der Waals surface area contributed by atoms with Gasteiger partial charge in [-0.25, -0.2) is 0 Å². The first-order chi connectivity index (χ1) is 15.5. The summed E-state index contributed by atoms with van der Waals surface area (Å²) >= 11 is 6.17. The summed E-state index contributed by atoms with van der Waals surface area (Å²) in [6.45, 7) is 3.08. The molecule has 3 nitrogen and oxygen atoms in total. The molecule has 1 saturated carbocycles. The summed E-state index contributed by atoms with van der Waals surface area (Å²) < 4.78 is 0. The van der Waals surface area contributed by atoms with E-state index in [4.69, 9.17) is 17.3 Å². The van der Waals surface area contributed by atoms with Crippen LogP contribution in [0, 0.1) is 5.41 Å². The number of carbonyl (C=O) groups is 1. The average Bonchev–Trinajstić information content (AvgIpc) is 2.79. The molecule has 32 heavy (non-hydrogen) atoms. The van der Waals surface area contributed by atoms with E-state index in [0.717, 1.165) is 31.1 Å². The molecular weight excluding hydrogens is 416 g/mol. The Bertz CT molecular complexity index is 1060. The number of allylic oxidation sites excluding steroid dienone is 1. The maximum Gasteiger partial charge on any atom is 0.248 e. The number of benzene rings is 2. The van der Waals surface area contributed by atoms with Gasteiger partial charge in [0.25, 0.3) is 0 Å². The SMILES string of the molecule is NC(=O)c1ccc(C2=CCN(CC3=C(c4ccc(Cl)cc4)CC4(CCC4)CC3)CC2)cc1. The van der Waals surface area contributed by atoms with Gasteiger partial charge in [-0.05, 0) is 90.5 Å². The van der Waals surface area contributed by atoms with Crippen LogP contribution in [0.25, 0.3) is 11.1 Å². The standard InChI is InChI=1S/C28H31ClN2O/c29-25-8-6-22(7-9-25)26-18-28(13-1-14-28)15-10-24(26)19-31-16-11-21(12-17-31)20-2-4-23(5-3-20)27(30)32/h2-9,11H,1,10,12-19H2,(H2,30,32). The monoisotopic (exact) mass is 446 g/mol. The number of rotatable bonds is 5. The quantitative estimate of drug-likeness (QED) is 0.582. The molecule has 0 aromatic heterocycles. The van der Waals surface area contributed by atoms with Crippen LogP contribution in [0.2, 0.25) is 5.02 Å². The van der Waals surface area contributed by atoms with Crippen molar-refractivity contribution in [3.63, 3.8) is 0 Å². The second-order valence-electron chi connectivity index (χ2n) is 9.78. The number of nitrogens with zero attached hydrogens (tertiary/aromatic N) is 1. The van der Waals surface area contributed by atoms with Crippen molar-refractivity contribution in [2.45, 2.75) is 44.9 Å². The van der Waals surface area contributed by atoms with Crippen molar-refractivity contribution in [2.75, 3.05) is 19.6 Å². The molecule has 5 rings (SSSR count). The number of carbonyl (C=O) groups excluding carboxylic acids is 1. The maximum absolute atomic E-state index is 11.3. The van der Waals surface area contributed by atoms with E-state index < -0.39 is 0 Å². The lowest BCUT2D eigenvalue weighted by Crippen LogP contribution is -2.36. The highest BCUT2D eigenvalue weighted by atomic mass is 35.5. The Labute approximate surface area is 195 Å². The first kappa shape index (κ1) is 21.5. The van der Waals surface area contributed by atoms with Crippen LogP contribution in [0.15, 0.2) is 60.2 Å². The number of primary amides is 1. The molecule has 1 fully saturated rings. The molecule has 2 aromatic carbocycles. The van der Waals surface area contributed by atoms with Crippen molar-refractivity contribution in [1.29, 1.82) is 0 Å². The van der Waals surface area contributed by atoms with Crippen molar-refractivity contribution in [3.8, 4) is 0 Å². The van der Waals surface area contributed by atoms with E-state index >= 15 is 0 Å². The van der Waals surface area contributed by atoms with Crippen molar-refractivity contribution in [2.24, 2.45) is 11.1 Å². The highest BCUT2D eigenvalue weighted by Crippen LogP contribution is 2.55. The molecular formula is C28H31ClN2O. The molecule has 0 unspecified atom stereocenters. The van der Waals surface area contributed by atoms with Crippen LogP contribution >= 0.6 is 11.6 Å². The third kappa shape index (κ3) is 4.42. The van der Waals surface area contributed by atoms with E-state index in [9.17, 15) is 4.79 Å². The Morgan fingerprint density at radius 1 is 0.969 bits per heavy atom. The molecule has 1 spiro atoms. The van der Waals surface area contributed by atoms with Crippen LogP contribution in [0.4, 0.5) is 0 Å². The number of halogens is 1. The Morgan fingerprint density at radius 3 is 2.28 bits per heavy atom. The summed E-state index contributed by atoms with van der Waals surface area (Å²) in [5, 5.41) is 0.808. The lowest BCUT2D eigenvalue weighted by molar-refractivity contribution is 0.1000. The summed E-state index contributed by atoms with van der Waals surface area (Å²) in [5.74, 6) is -0.374. The van der Waals surface area contributed by atoms with Crippen LogP contribution in [-0.4, -0.2) is 30.4 Å². The smallest absolute Gasteiger partial charge is 0.248 e. The zero-order valence-corrected chi connectivity index (χ0v) is 19.3. The van der Waals surface area contributed by atoms with Gasteiger partial charge in [0.2, 0.25) is 5.91 Å². The molecule has 0 radical (unpaired) electrons. The van der Waals surface area contributed by atoms with Gasteiger partial charge in [-0.1, -0.05) is 53.9 Å². The molecule has 1 heterocycles. The highest BCUT2D eigenvalue weighted by molar-refractivity contribution is 6.30. The highest BCUT2D eigenvalue weighted by Gasteiger charge is 2.40. The Kier molecular flexibility index (Phi) is 5.96. The predicted octanol–water partition coefficient (Wildman–Crippen LogP) is 6.34. The van der Waals surface area contributed by atoms with Crippen molar-refractivity contribution < 1.29 is 4.79 Å². The van der Waals surface area contributed by atoms with E-state index in [2.05, 4.69) is 23.1 Å². The minimum atomic E-state index is -0.374. The van der Waals surface area contributed by atoms with Crippen LogP contribution in [0.1, 0.15) is 66.4 Å². The fourth-order valence-electron chi connectivity index (χ4n) is 5.63. The number of nitrogens with two attached hydrogens (primary N) is 1. The third-order valence-electron chi connectivity index (χ3n) is 7.79. The molecule has 0 saturated heterocycles. The topological polar surface area (TPSA) is 46.3 Å². The summed E-state index contributed by atoms with van der Waals surface area (Å²) in [6, 6.07) is 16.2. The minimum Gasteiger partial charge on any atom is -0.366 e. The van der Waals surface area contributed by atoms with Gasteiger partial charge < -0.3 is 5.73 Å². The average molecular weight is 447 g/mol. The normalized spacial score (nSPS) is 20.7. The van der Waals surface area contributed by atoms with Gasteiger partial charge >= 0.3 is 0 Å². The van der Waals surface area contributed by atoms with Crippen molar-refractivity contribution in [1.82, 2.24) is 4.90 Å². The van der Waals surface area contributed by atoms with Gasteiger partial charge in [0, 0.05) is 30.2 Å². The lowest BCUT2D eigenvalue weighted by Gasteiger charge is -2.47. The molecule has 0 atom stereocenters. The second kappa shape index (κ2) is 8.88. The van der Waals surface area contributed by atoms with E-state index in [0.29, 0.717) is 11.0 Å². The van der Waals surface area contributed by atoms with Gasteiger partial charge in [0.1, 0.15) is 0 Å². The second-order valence-corrected chi connectivity index (χ2v) is 10.2. The zero-order valence-electron chi connectivity index (χ0n) is 18.6. The number of hydrogen-bond acceptors (Lipinski definition) is 2. The van der Waals surface area contributed by atoms with E-state index in [1.165, 1.54) is 55.2 Å². The van der Waals surface area contributed by atoms with E-state index in [1.807, 2.05) is 36.4 Å². The summed E-state index contributed by atoms with van der Waals surface area (Å²) in [5.41, 5.74) is 13.6. The molecule has 3 aliphatic rings. The van der Waals surface area contributed by atoms with Crippen LogP contribution in [0.3, 0.4) is 0 Å². The molecule has 2 aliphatic carbocycles. The maximum atomic E-state index is 11.3. The number of amides is 1. The molecule has 0 bridgehead atoms. The fourth-order valence-corrected chi connectivity index (χ4v) is 5.75. The Morgan fingerprint density at radius 2 is 1.69 bits per heavy atom. The van der Waals surface area contributed by atoms with Crippen LogP contribution in [-0.2, 0) is 0 Å². The molecule has 2 N–H and O–H groups in total. The lowest BCUT2D eigenvalue weighted by atomic mass is 9.59. The largest absolute Gasteiger partial charge is 0.366 e. The van der Waals surface area contributed by atoms with Crippen LogP contribution < -0.4 is 5.73 Å². The van der Waals surface area contributed by atoms with Crippen molar-refractivity contribution >= 4 is 28.7 Å². The number of hydrogen-bond donors (Lipinski definition) is 1. The van der Waals surface area contributed by atoms with Gasteiger partial charge in [0.15, 0.2) is 0 Å². The fraction of sp³-hybridized carbons (Fsp3) is 0.393.